The van der Waals surface area contributed by atoms with Crippen LogP contribution in [0, 0.1) is 23.2 Å². The summed E-state index contributed by atoms with van der Waals surface area (Å²) in [7, 11) is 0. The van der Waals surface area contributed by atoms with E-state index in [1.807, 2.05) is 12.1 Å². The first-order chi connectivity index (χ1) is 10.5. The van der Waals surface area contributed by atoms with Gasteiger partial charge in [0.15, 0.2) is 0 Å². The molecule has 2 saturated carbocycles. The Bertz CT molecular complexity index is 587. The van der Waals surface area contributed by atoms with Gasteiger partial charge in [0.25, 0.3) is 0 Å². The number of fused-ring (bicyclic) bond motifs is 5. The number of hydrogen-bond donors (Lipinski definition) is 2. The van der Waals surface area contributed by atoms with Gasteiger partial charge in [-0.2, -0.15) is 0 Å². The Morgan fingerprint density at radius 2 is 2.14 bits per heavy atom. The van der Waals surface area contributed by atoms with Crippen LogP contribution in [-0.2, 0) is 6.42 Å². The number of aryl methyl sites for hydroxylation is 1. The minimum absolute atomic E-state index is 0.105. The summed E-state index contributed by atoms with van der Waals surface area (Å²) in [5.74, 6) is 2.78. The normalized spacial score (nSPS) is 43.3. The Balaban J connectivity index is 1.69. The van der Waals surface area contributed by atoms with E-state index in [-0.39, 0.29) is 11.5 Å². The Labute approximate surface area is 141 Å². The summed E-state index contributed by atoms with van der Waals surface area (Å²) in [5.41, 5.74) is 2.92. The number of phenols is 1. The zero-order valence-electron chi connectivity index (χ0n) is 13.1. The Hall–Kier alpha value is -0.540. The molecule has 4 rings (SSSR count). The van der Waals surface area contributed by atoms with Crippen LogP contribution in [0.3, 0.4) is 0 Å². The molecule has 0 radical (unpaired) electrons. The van der Waals surface area contributed by atoms with Gasteiger partial charge in [-0.15, -0.1) is 0 Å². The van der Waals surface area contributed by atoms with E-state index in [1.165, 1.54) is 24.0 Å². The highest BCUT2D eigenvalue weighted by Crippen LogP contribution is 2.62. The molecule has 1 aromatic rings. The number of rotatable bonds is 1. The average molecular weight is 365 g/mol. The molecule has 2 fully saturated rings. The van der Waals surface area contributed by atoms with E-state index in [1.54, 1.807) is 0 Å². The number of alkyl halides is 1. The molecule has 6 atom stereocenters. The van der Waals surface area contributed by atoms with Crippen molar-refractivity contribution >= 4 is 15.9 Å². The van der Waals surface area contributed by atoms with Crippen LogP contribution < -0.4 is 0 Å². The number of aliphatic hydroxyl groups is 1. The third kappa shape index (κ3) is 2.01. The van der Waals surface area contributed by atoms with Crippen molar-refractivity contribution in [1.82, 2.24) is 0 Å². The van der Waals surface area contributed by atoms with Crippen molar-refractivity contribution in [2.45, 2.75) is 51.0 Å². The zero-order valence-corrected chi connectivity index (χ0v) is 14.7. The molecule has 2 nitrogen and oxygen atoms in total. The lowest BCUT2D eigenvalue weighted by Gasteiger charge is -2.50. The zero-order chi connectivity index (χ0) is 15.5. The monoisotopic (exact) mass is 364 g/mol. The highest BCUT2D eigenvalue weighted by atomic mass is 79.9. The predicted molar refractivity (Wildman–Crippen MR) is 91.4 cm³/mol. The summed E-state index contributed by atoms with van der Waals surface area (Å²) in [6.45, 7) is 2.33. The predicted octanol–water partition coefficient (Wildman–Crippen LogP) is 4.23. The van der Waals surface area contributed by atoms with E-state index in [4.69, 9.17) is 0 Å². The maximum atomic E-state index is 10.8. The maximum Gasteiger partial charge on any atom is 0.115 e. The molecule has 3 aliphatic carbocycles. The van der Waals surface area contributed by atoms with Crippen molar-refractivity contribution in [3.63, 3.8) is 0 Å². The largest absolute Gasteiger partial charge is 0.508 e. The minimum atomic E-state index is -0.154. The highest BCUT2D eigenvalue weighted by molar-refractivity contribution is 9.09. The van der Waals surface area contributed by atoms with Gasteiger partial charge in [0.1, 0.15) is 5.75 Å². The molecule has 1 aromatic carbocycles. The van der Waals surface area contributed by atoms with Gasteiger partial charge in [-0.3, -0.25) is 0 Å². The van der Waals surface area contributed by atoms with Crippen LogP contribution in [0.15, 0.2) is 18.2 Å². The van der Waals surface area contributed by atoms with Gasteiger partial charge in [-0.1, -0.05) is 28.9 Å². The number of benzene rings is 1. The molecule has 0 spiro atoms. The first-order valence-corrected chi connectivity index (χ1v) is 9.72. The van der Waals surface area contributed by atoms with E-state index in [0.29, 0.717) is 29.4 Å². The standard InChI is InChI=1S/C19H25BrO2/c1-19-7-6-15-14-5-3-13(21)8-11(14)2-4-16(15)17(19)9-12(10-20)18(19)22/h3,5,8,12,15-18,21-22H,2,4,6-7,9-10H2,1H3/t12-,15?,16?,17?,18-,19-/m0/s1. The fourth-order valence-electron chi connectivity index (χ4n) is 5.87. The molecule has 0 bridgehead atoms. The smallest absolute Gasteiger partial charge is 0.115 e. The van der Waals surface area contributed by atoms with Crippen LogP contribution in [0.5, 0.6) is 5.75 Å². The van der Waals surface area contributed by atoms with Crippen LogP contribution in [-0.4, -0.2) is 21.6 Å². The van der Waals surface area contributed by atoms with Crippen LogP contribution >= 0.6 is 15.9 Å². The van der Waals surface area contributed by atoms with Crippen molar-refractivity contribution in [3.05, 3.63) is 29.3 Å². The molecule has 22 heavy (non-hydrogen) atoms. The fourth-order valence-corrected chi connectivity index (χ4v) is 6.49. The van der Waals surface area contributed by atoms with Gasteiger partial charge in [0, 0.05) is 5.33 Å². The lowest BCUT2D eigenvalue weighted by molar-refractivity contribution is -0.0304. The van der Waals surface area contributed by atoms with Gasteiger partial charge >= 0.3 is 0 Å². The van der Waals surface area contributed by atoms with Gasteiger partial charge in [-0.25, -0.2) is 0 Å². The Morgan fingerprint density at radius 1 is 1.32 bits per heavy atom. The summed E-state index contributed by atoms with van der Waals surface area (Å²) in [6, 6.07) is 5.96. The van der Waals surface area contributed by atoms with Gasteiger partial charge in [0.2, 0.25) is 0 Å². The highest BCUT2D eigenvalue weighted by Gasteiger charge is 2.57. The molecule has 3 heteroatoms. The molecule has 0 saturated heterocycles. The quantitative estimate of drug-likeness (QED) is 0.732. The first kappa shape index (κ1) is 15.0. The summed E-state index contributed by atoms with van der Waals surface area (Å²) in [4.78, 5) is 0. The molecule has 3 unspecified atom stereocenters. The fraction of sp³-hybridized carbons (Fsp3) is 0.684. The van der Waals surface area contributed by atoms with Crippen LogP contribution in [0.25, 0.3) is 0 Å². The van der Waals surface area contributed by atoms with Gasteiger partial charge in [-0.05, 0) is 84.5 Å². The van der Waals surface area contributed by atoms with Crippen molar-refractivity contribution in [2.75, 3.05) is 5.33 Å². The number of aromatic hydroxyl groups is 1. The van der Waals surface area contributed by atoms with E-state index < -0.39 is 0 Å². The SMILES string of the molecule is C[C@]12CCC3c4ccc(O)cc4CCC3C1C[C@@H](CBr)[C@@H]2O. The van der Waals surface area contributed by atoms with Crippen LogP contribution in [0.4, 0.5) is 0 Å². The second-order valence-corrected chi connectivity index (χ2v) is 8.59. The Morgan fingerprint density at radius 3 is 2.91 bits per heavy atom. The lowest BCUT2D eigenvalue weighted by atomic mass is 9.55. The second-order valence-electron chi connectivity index (χ2n) is 7.94. The number of hydrogen-bond acceptors (Lipinski definition) is 2. The van der Waals surface area contributed by atoms with Crippen molar-refractivity contribution in [1.29, 1.82) is 0 Å². The Kier molecular flexibility index (Phi) is 3.58. The third-order valence-corrected chi connectivity index (χ3v) is 7.86. The molecule has 0 heterocycles. The topological polar surface area (TPSA) is 40.5 Å². The maximum absolute atomic E-state index is 10.8. The summed E-state index contributed by atoms with van der Waals surface area (Å²) in [5, 5.41) is 21.5. The van der Waals surface area contributed by atoms with Gasteiger partial charge in [0.05, 0.1) is 6.10 Å². The molecule has 3 aliphatic rings. The molecule has 120 valence electrons. The molecule has 0 amide bonds. The van der Waals surface area contributed by atoms with Crippen LogP contribution in [0.1, 0.15) is 49.7 Å². The van der Waals surface area contributed by atoms with E-state index in [9.17, 15) is 10.2 Å². The summed E-state index contributed by atoms with van der Waals surface area (Å²) < 4.78 is 0. The van der Waals surface area contributed by atoms with Crippen LogP contribution in [0.2, 0.25) is 0 Å². The average Bonchev–Trinajstić information content (AvgIpc) is 2.78. The molecule has 0 aliphatic heterocycles. The van der Waals surface area contributed by atoms with E-state index in [0.717, 1.165) is 24.6 Å². The molecular formula is C19H25BrO2. The lowest BCUT2D eigenvalue weighted by Crippen LogP contribution is -2.44. The first-order valence-electron chi connectivity index (χ1n) is 8.60. The number of phenolic OH excluding ortho intramolecular Hbond substituents is 1. The van der Waals surface area contributed by atoms with E-state index >= 15 is 0 Å². The number of aliphatic hydroxyl groups excluding tert-OH is 1. The summed E-state index contributed by atoms with van der Waals surface area (Å²) >= 11 is 3.61. The van der Waals surface area contributed by atoms with Crippen molar-refractivity contribution < 1.29 is 10.2 Å². The molecule has 2 N–H and O–H groups in total. The van der Waals surface area contributed by atoms with Gasteiger partial charge < -0.3 is 10.2 Å². The third-order valence-electron chi connectivity index (χ3n) is 7.02. The van der Waals surface area contributed by atoms with Crippen molar-refractivity contribution in [2.24, 2.45) is 23.2 Å². The minimum Gasteiger partial charge on any atom is -0.508 e. The number of halogens is 1. The molecule has 0 aromatic heterocycles. The van der Waals surface area contributed by atoms with E-state index in [2.05, 4.69) is 28.9 Å². The molecular weight excluding hydrogens is 340 g/mol. The summed E-state index contributed by atoms with van der Waals surface area (Å²) in [6.07, 6.45) is 5.61. The van der Waals surface area contributed by atoms with Crippen molar-refractivity contribution in [3.8, 4) is 5.75 Å². The second kappa shape index (κ2) is 5.24.